The van der Waals surface area contributed by atoms with E-state index in [0.717, 1.165) is 6.42 Å². The molecule has 3 aliphatic rings. The fourth-order valence-electron chi connectivity index (χ4n) is 4.05. The molecule has 1 heterocycles. The van der Waals surface area contributed by atoms with Crippen LogP contribution in [0.25, 0.3) is 0 Å². The molecule has 1 saturated heterocycles. The second-order valence-corrected chi connectivity index (χ2v) is 6.34. The highest BCUT2D eigenvalue weighted by molar-refractivity contribution is 6.22. The first-order chi connectivity index (χ1) is 11.1. The van der Waals surface area contributed by atoms with Crippen LogP contribution in [-0.2, 0) is 14.4 Å². The number of carbonyl (C=O) groups is 3. The van der Waals surface area contributed by atoms with Crippen molar-refractivity contribution in [2.45, 2.75) is 19.8 Å². The van der Waals surface area contributed by atoms with Crippen molar-refractivity contribution in [3.05, 3.63) is 36.4 Å². The molecule has 5 heteroatoms. The zero-order valence-corrected chi connectivity index (χ0v) is 12.8. The quantitative estimate of drug-likeness (QED) is 0.372. The summed E-state index contributed by atoms with van der Waals surface area (Å²) in [6, 6.07) is 6.62. The maximum Gasteiger partial charge on any atom is 0.310 e. The lowest BCUT2D eigenvalue weighted by molar-refractivity contribution is -0.134. The number of amides is 2. The minimum absolute atomic E-state index is 0.129. The molecule has 2 amide bonds. The van der Waals surface area contributed by atoms with Gasteiger partial charge in [-0.15, -0.1) is 0 Å². The SMILES string of the molecule is CCC(=O)Oc1cccc(N2C(=O)[C@@H]3[C@H](C2=O)[C@H]2C=C[C@H]3C2)c1. The lowest BCUT2D eigenvalue weighted by Crippen LogP contribution is -2.32. The van der Waals surface area contributed by atoms with Gasteiger partial charge in [-0.25, -0.2) is 4.90 Å². The molecule has 2 bridgehead atoms. The lowest BCUT2D eigenvalue weighted by Gasteiger charge is -2.17. The van der Waals surface area contributed by atoms with E-state index in [1.165, 1.54) is 4.90 Å². The van der Waals surface area contributed by atoms with Gasteiger partial charge in [0.05, 0.1) is 17.5 Å². The smallest absolute Gasteiger partial charge is 0.310 e. The van der Waals surface area contributed by atoms with Crippen molar-refractivity contribution in [1.82, 2.24) is 0 Å². The van der Waals surface area contributed by atoms with Crippen molar-refractivity contribution in [3.63, 3.8) is 0 Å². The standard InChI is InChI=1S/C18H17NO4/c1-2-14(20)23-13-5-3-4-12(9-13)19-17(21)15-10-6-7-11(8-10)16(15)18(19)22/h3-7,9-11,15-16H,2,8H2,1H3/t10-,11-,15-,16+/m0/s1. The summed E-state index contributed by atoms with van der Waals surface area (Å²) in [5.74, 6) is -0.320. The van der Waals surface area contributed by atoms with Crippen LogP contribution in [0.4, 0.5) is 5.69 Å². The van der Waals surface area contributed by atoms with Gasteiger partial charge < -0.3 is 4.74 Å². The summed E-state index contributed by atoms with van der Waals surface area (Å²) >= 11 is 0. The van der Waals surface area contributed by atoms with Gasteiger partial charge in [-0.3, -0.25) is 14.4 Å². The van der Waals surface area contributed by atoms with Crippen molar-refractivity contribution >= 4 is 23.5 Å². The fraction of sp³-hybridized carbons (Fsp3) is 0.389. The Kier molecular flexibility index (Phi) is 3.11. The molecule has 0 radical (unpaired) electrons. The Labute approximate surface area is 133 Å². The molecule has 1 aliphatic heterocycles. The molecule has 0 N–H and O–H groups in total. The van der Waals surface area contributed by atoms with E-state index in [4.69, 9.17) is 4.74 Å². The second-order valence-electron chi connectivity index (χ2n) is 6.34. The van der Waals surface area contributed by atoms with Crippen LogP contribution in [0.5, 0.6) is 5.75 Å². The first-order valence-corrected chi connectivity index (χ1v) is 7.97. The number of allylic oxidation sites excluding steroid dienone is 2. The Morgan fingerprint density at radius 2 is 1.83 bits per heavy atom. The predicted octanol–water partition coefficient (Wildman–Crippen LogP) is 2.31. The number of ether oxygens (including phenoxy) is 1. The van der Waals surface area contributed by atoms with Gasteiger partial charge in [0.2, 0.25) is 11.8 Å². The molecule has 4 rings (SSSR count). The molecule has 1 aromatic carbocycles. The molecule has 0 unspecified atom stereocenters. The highest BCUT2D eigenvalue weighted by atomic mass is 16.5. The van der Waals surface area contributed by atoms with E-state index in [1.807, 2.05) is 0 Å². The molecule has 2 fully saturated rings. The van der Waals surface area contributed by atoms with Crippen LogP contribution in [0.1, 0.15) is 19.8 Å². The number of rotatable bonds is 3. The number of hydrogen-bond acceptors (Lipinski definition) is 4. The number of imide groups is 1. The summed E-state index contributed by atoms with van der Waals surface area (Å²) in [6.45, 7) is 1.71. The molecule has 1 aromatic rings. The summed E-state index contributed by atoms with van der Waals surface area (Å²) in [5, 5.41) is 0. The van der Waals surface area contributed by atoms with Gasteiger partial charge in [0.1, 0.15) is 5.75 Å². The van der Waals surface area contributed by atoms with Gasteiger partial charge in [-0.1, -0.05) is 25.1 Å². The monoisotopic (exact) mass is 311 g/mol. The lowest BCUT2D eigenvalue weighted by atomic mass is 9.85. The summed E-state index contributed by atoms with van der Waals surface area (Å²) in [5.41, 5.74) is 0.482. The van der Waals surface area contributed by atoms with Crippen LogP contribution < -0.4 is 9.64 Å². The normalized spacial score (nSPS) is 30.9. The van der Waals surface area contributed by atoms with E-state index < -0.39 is 0 Å². The Morgan fingerprint density at radius 3 is 2.43 bits per heavy atom. The van der Waals surface area contributed by atoms with E-state index in [-0.39, 0.29) is 47.9 Å². The van der Waals surface area contributed by atoms with Gasteiger partial charge >= 0.3 is 5.97 Å². The third-order valence-corrected chi connectivity index (χ3v) is 5.07. The largest absolute Gasteiger partial charge is 0.426 e. The molecule has 2 aliphatic carbocycles. The average molecular weight is 311 g/mol. The first kappa shape index (κ1) is 14.2. The van der Waals surface area contributed by atoms with Gasteiger partial charge in [-0.2, -0.15) is 0 Å². The predicted molar refractivity (Wildman–Crippen MR) is 82.6 cm³/mol. The van der Waals surface area contributed by atoms with Crippen molar-refractivity contribution in [1.29, 1.82) is 0 Å². The fourth-order valence-corrected chi connectivity index (χ4v) is 4.05. The van der Waals surface area contributed by atoms with E-state index in [9.17, 15) is 14.4 Å². The molecular formula is C18H17NO4. The molecule has 4 atom stereocenters. The third kappa shape index (κ3) is 2.03. The number of benzene rings is 1. The molecular weight excluding hydrogens is 294 g/mol. The molecule has 23 heavy (non-hydrogen) atoms. The summed E-state index contributed by atoms with van der Waals surface area (Å²) < 4.78 is 5.18. The van der Waals surface area contributed by atoms with Crippen LogP contribution in [0, 0.1) is 23.7 Å². The Balaban J connectivity index is 1.64. The van der Waals surface area contributed by atoms with Crippen molar-refractivity contribution in [2.75, 3.05) is 4.90 Å². The van der Waals surface area contributed by atoms with E-state index in [1.54, 1.807) is 31.2 Å². The van der Waals surface area contributed by atoms with E-state index in [0.29, 0.717) is 11.4 Å². The zero-order valence-electron chi connectivity index (χ0n) is 12.8. The summed E-state index contributed by atoms with van der Waals surface area (Å²) in [6.07, 6.45) is 5.32. The topological polar surface area (TPSA) is 63.7 Å². The summed E-state index contributed by atoms with van der Waals surface area (Å²) in [4.78, 5) is 38.2. The second kappa shape index (κ2) is 5.05. The van der Waals surface area contributed by atoms with E-state index in [2.05, 4.69) is 12.2 Å². The Morgan fingerprint density at radius 1 is 1.17 bits per heavy atom. The number of carbonyl (C=O) groups excluding carboxylic acids is 3. The van der Waals surface area contributed by atoms with Crippen molar-refractivity contribution in [2.24, 2.45) is 23.7 Å². The van der Waals surface area contributed by atoms with Crippen LogP contribution >= 0.6 is 0 Å². The number of fused-ring (bicyclic) bond motifs is 5. The first-order valence-electron chi connectivity index (χ1n) is 7.97. The Hall–Kier alpha value is -2.43. The maximum absolute atomic E-state index is 12.7. The highest BCUT2D eigenvalue weighted by Crippen LogP contribution is 2.53. The highest BCUT2D eigenvalue weighted by Gasteiger charge is 2.59. The third-order valence-electron chi connectivity index (χ3n) is 5.07. The van der Waals surface area contributed by atoms with Gasteiger partial charge in [0, 0.05) is 12.5 Å². The number of anilines is 1. The van der Waals surface area contributed by atoms with E-state index >= 15 is 0 Å². The number of esters is 1. The molecule has 118 valence electrons. The van der Waals surface area contributed by atoms with Gasteiger partial charge in [-0.05, 0) is 30.4 Å². The minimum atomic E-state index is -0.347. The van der Waals surface area contributed by atoms with Crippen molar-refractivity contribution in [3.8, 4) is 5.75 Å². The van der Waals surface area contributed by atoms with Crippen LogP contribution in [0.2, 0.25) is 0 Å². The van der Waals surface area contributed by atoms with Gasteiger partial charge in [0.15, 0.2) is 0 Å². The molecule has 5 nitrogen and oxygen atoms in total. The Bertz CT molecular complexity index is 708. The van der Waals surface area contributed by atoms with Crippen molar-refractivity contribution < 1.29 is 19.1 Å². The van der Waals surface area contributed by atoms with Gasteiger partial charge in [0.25, 0.3) is 0 Å². The number of nitrogens with zero attached hydrogens (tertiary/aromatic N) is 1. The summed E-state index contributed by atoms with van der Waals surface area (Å²) in [7, 11) is 0. The average Bonchev–Trinajstić information content (AvgIpc) is 3.21. The maximum atomic E-state index is 12.7. The van der Waals surface area contributed by atoms with Crippen LogP contribution in [0.15, 0.2) is 36.4 Å². The molecule has 1 saturated carbocycles. The van der Waals surface area contributed by atoms with Crippen LogP contribution in [0.3, 0.4) is 0 Å². The molecule has 0 aromatic heterocycles. The van der Waals surface area contributed by atoms with Crippen LogP contribution in [-0.4, -0.2) is 17.8 Å². The molecule has 0 spiro atoms. The zero-order chi connectivity index (χ0) is 16.1. The number of hydrogen-bond donors (Lipinski definition) is 0. The minimum Gasteiger partial charge on any atom is -0.426 e.